The number of anilines is 2. The first-order valence-electron chi connectivity index (χ1n) is 7.32. The molecule has 1 aliphatic heterocycles. The normalized spacial score (nSPS) is 16.0. The lowest BCUT2D eigenvalue weighted by molar-refractivity contribution is 0.311. The van der Waals surface area contributed by atoms with Crippen molar-refractivity contribution in [2.24, 2.45) is 0 Å². The van der Waals surface area contributed by atoms with Crippen molar-refractivity contribution in [3.8, 4) is 0 Å². The highest BCUT2D eigenvalue weighted by molar-refractivity contribution is 7.98. The van der Waals surface area contributed by atoms with Gasteiger partial charge < -0.3 is 15.5 Å². The number of hydrogen-bond donors (Lipinski definition) is 1. The Kier molecular flexibility index (Phi) is 4.74. The summed E-state index contributed by atoms with van der Waals surface area (Å²) in [6.07, 6.45) is 0. The first-order chi connectivity index (χ1) is 10.7. The first kappa shape index (κ1) is 15.1. The minimum absolute atomic E-state index is 0.299. The van der Waals surface area contributed by atoms with Gasteiger partial charge in [-0.05, 0) is 19.2 Å². The van der Waals surface area contributed by atoms with E-state index < -0.39 is 0 Å². The lowest BCUT2D eigenvalue weighted by atomic mass is 10.3. The van der Waals surface area contributed by atoms with Crippen LogP contribution in [0.5, 0.6) is 0 Å². The Morgan fingerprint density at radius 1 is 1.05 bits per heavy atom. The summed E-state index contributed by atoms with van der Waals surface area (Å²) in [6.45, 7) is 3.87. The Hall–Kier alpha value is -1.86. The molecule has 0 aliphatic carbocycles. The highest BCUT2D eigenvalue weighted by Gasteiger charge is 2.18. The number of rotatable bonds is 4. The Labute approximate surface area is 134 Å². The zero-order valence-corrected chi connectivity index (χ0v) is 13.5. The molecule has 116 valence electrons. The van der Waals surface area contributed by atoms with Gasteiger partial charge in [-0.2, -0.15) is 15.0 Å². The van der Waals surface area contributed by atoms with Crippen LogP contribution in [0, 0.1) is 0 Å². The molecule has 0 unspecified atom stereocenters. The second-order valence-corrected chi connectivity index (χ2v) is 6.35. The molecule has 1 fully saturated rings. The van der Waals surface area contributed by atoms with E-state index in [0.717, 1.165) is 32.0 Å². The van der Waals surface area contributed by atoms with Crippen molar-refractivity contribution < 1.29 is 0 Å². The van der Waals surface area contributed by atoms with Crippen molar-refractivity contribution in [1.82, 2.24) is 19.9 Å². The Morgan fingerprint density at radius 3 is 2.50 bits per heavy atom. The number of hydrogen-bond acceptors (Lipinski definition) is 7. The molecule has 1 saturated heterocycles. The van der Waals surface area contributed by atoms with E-state index in [-0.39, 0.29) is 0 Å². The first-order valence-corrected chi connectivity index (χ1v) is 8.31. The summed E-state index contributed by atoms with van der Waals surface area (Å²) in [6, 6.07) is 10.2. The molecule has 0 saturated carbocycles. The van der Waals surface area contributed by atoms with Crippen molar-refractivity contribution in [3.05, 3.63) is 36.2 Å². The number of thioether (sulfide) groups is 1. The summed E-state index contributed by atoms with van der Waals surface area (Å²) in [5, 5.41) is 0. The van der Waals surface area contributed by atoms with E-state index in [1.807, 2.05) is 18.2 Å². The fourth-order valence-electron chi connectivity index (χ4n) is 2.30. The van der Waals surface area contributed by atoms with Crippen LogP contribution in [0.4, 0.5) is 11.9 Å². The molecule has 2 aromatic rings. The van der Waals surface area contributed by atoms with Gasteiger partial charge in [0.25, 0.3) is 0 Å². The molecule has 1 aromatic heterocycles. The third kappa shape index (κ3) is 3.86. The fourth-order valence-corrected chi connectivity index (χ4v) is 3.08. The van der Waals surface area contributed by atoms with E-state index >= 15 is 0 Å². The summed E-state index contributed by atoms with van der Waals surface area (Å²) in [4.78, 5) is 18.8. The molecule has 2 heterocycles. The van der Waals surface area contributed by atoms with Crippen LogP contribution in [-0.4, -0.2) is 53.1 Å². The summed E-state index contributed by atoms with van der Waals surface area (Å²) >= 11 is 1.70. The number of benzene rings is 1. The predicted octanol–water partition coefficient (Wildman–Crippen LogP) is 1.50. The van der Waals surface area contributed by atoms with Gasteiger partial charge in [0, 0.05) is 31.1 Å². The van der Waals surface area contributed by atoms with Crippen molar-refractivity contribution in [3.63, 3.8) is 0 Å². The summed E-state index contributed by atoms with van der Waals surface area (Å²) in [5.74, 6) is 2.42. The van der Waals surface area contributed by atoms with Crippen molar-refractivity contribution in [2.75, 3.05) is 43.9 Å². The number of nitrogens with zero attached hydrogens (tertiary/aromatic N) is 5. The molecule has 7 heteroatoms. The SMILES string of the molecule is CN1CCN(c2nc(N)nc(CSc3ccccc3)n2)CC1. The second-order valence-electron chi connectivity index (χ2n) is 5.30. The van der Waals surface area contributed by atoms with Crippen LogP contribution in [0.3, 0.4) is 0 Å². The van der Waals surface area contributed by atoms with Crippen LogP contribution in [0.25, 0.3) is 0 Å². The monoisotopic (exact) mass is 316 g/mol. The smallest absolute Gasteiger partial charge is 0.230 e. The molecule has 0 spiro atoms. The maximum Gasteiger partial charge on any atom is 0.230 e. The highest BCUT2D eigenvalue weighted by Crippen LogP contribution is 2.22. The Balaban J connectivity index is 1.70. The van der Waals surface area contributed by atoms with E-state index in [1.165, 1.54) is 4.90 Å². The summed E-state index contributed by atoms with van der Waals surface area (Å²) in [5.41, 5.74) is 5.85. The molecule has 2 N–H and O–H groups in total. The number of nitrogen functional groups attached to an aromatic ring is 1. The molecule has 0 radical (unpaired) electrons. The Morgan fingerprint density at radius 2 is 1.77 bits per heavy atom. The fraction of sp³-hybridized carbons (Fsp3) is 0.400. The molecule has 1 aromatic carbocycles. The van der Waals surface area contributed by atoms with Crippen LogP contribution in [-0.2, 0) is 5.75 Å². The molecular weight excluding hydrogens is 296 g/mol. The topological polar surface area (TPSA) is 71.2 Å². The van der Waals surface area contributed by atoms with Crippen molar-refractivity contribution in [1.29, 1.82) is 0 Å². The van der Waals surface area contributed by atoms with Crippen LogP contribution in [0.15, 0.2) is 35.2 Å². The van der Waals surface area contributed by atoms with Crippen LogP contribution in [0.2, 0.25) is 0 Å². The zero-order valence-electron chi connectivity index (χ0n) is 12.6. The molecule has 0 bridgehead atoms. The van der Waals surface area contributed by atoms with Crippen LogP contribution < -0.4 is 10.6 Å². The van der Waals surface area contributed by atoms with Crippen LogP contribution in [0.1, 0.15) is 5.82 Å². The molecule has 1 aliphatic rings. The largest absolute Gasteiger partial charge is 0.368 e. The van der Waals surface area contributed by atoms with Gasteiger partial charge in [0.2, 0.25) is 11.9 Å². The van der Waals surface area contributed by atoms with E-state index in [2.05, 4.69) is 43.9 Å². The highest BCUT2D eigenvalue weighted by atomic mass is 32.2. The quantitative estimate of drug-likeness (QED) is 0.857. The van der Waals surface area contributed by atoms with Crippen LogP contribution >= 0.6 is 11.8 Å². The lowest BCUT2D eigenvalue weighted by Gasteiger charge is -2.32. The van der Waals surface area contributed by atoms with Gasteiger partial charge in [-0.25, -0.2) is 0 Å². The van der Waals surface area contributed by atoms with Gasteiger partial charge >= 0.3 is 0 Å². The second kappa shape index (κ2) is 6.93. The van der Waals surface area contributed by atoms with Gasteiger partial charge in [0.05, 0.1) is 5.75 Å². The van der Waals surface area contributed by atoms with Crippen molar-refractivity contribution >= 4 is 23.7 Å². The van der Waals surface area contributed by atoms with E-state index in [1.54, 1.807) is 11.8 Å². The van der Waals surface area contributed by atoms with Gasteiger partial charge in [0.1, 0.15) is 5.82 Å². The molecule has 22 heavy (non-hydrogen) atoms. The summed E-state index contributed by atoms with van der Waals surface area (Å²) in [7, 11) is 2.13. The molecule has 6 nitrogen and oxygen atoms in total. The summed E-state index contributed by atoms with van der Waals surface area (Å²) < 4.78 is 0. The van der Waals surface area contributed by atoms with Gasteiger partial charge in [-0.3, -0.25) is 0 Å². The van der Waals surface area contributed by atoms with E-state index in [9.17, 15) is 0 Å². The van der Waals surface area contributed by atoms with Gasteiger partial charge in [-0.15, -0.1) is 11.8 Å². The molecular formula is C15H20N6S. The third-order valence-electron chi connectivity index (χ3n) is 3.58. The minimum atomic E-state index is 0.299. The number of aromatic nitrogens is 3. The Bertz CT molecular complexity index is 613. The predicted molar refractivity (Wildman–Crippen MR) is 90.0 cm³/mol. The molecule has 0 amide bonds. The van der Waals surface area contributed by atoms with E-state index in [0.29, 0.717) is 17.6 Å². The number of nitrogens with two attached hydrogens (primary N) is 1. The zero-order chi connectivity index (χ0) is 15.4. The minimum Gasteiger partial charge on any atom is -0.368 e. The maximum atomic E-state index is 5.85. The van der Waals surface area contributed by atoms with Crippen molar-refractivity contribution in [2.45, 2.75) is 10.6 Å². The molecule has 3 rings (SSSR count). The number of likely N-dealkylation sites (N-methyl/N-ethyl adjacent to an activating group) is 1. The van der Waals surface area contributed by atoms with Gasteiger partial charge in [-0.1, -0.05) is 18.2 Å². The average Bonchev–Trinajstić information content (AvgIpc) is 2.54. The standard InChI is InChI=1S/C15H20N6S/c1-20-7-9-21(10-8-20)15-18-13(17-14(16)19-15)11-22-12-5-3-2-4-6-12/h2-6H,7-11H2,1H3,(H2,16,17,18,19). The lowest BCUT2D eigenvalue weighted by Crippen LogP contribution is -2.45. The maximum absolute atomic E-state index is 5.85. The van der Waals surface area contributed by atoms with Gasteiger partial charge in [0.15, 0.2) is 0 Å². The third-order valence-corrected chi connectivity index (χ3v) is 4.59. The average molecular weight is 316 g/mol. The van der Waals surface area contributed by atoms with E-state index in [4.69, 9.17) is 5.73 Å². The number of piperazine rings is 1. The molecule has 0 atom stereocenters.